The average molecular weight is 376 g/mol. The Labute approximate surface area is 145 Å². The quantitative estimate of drug-likeness (QED) is 0.867. The zero-order valence-electron chi connectivity index (χ0n) is 12.5. The molecule has 0 aliphatic rings. The predicted octanol–water partition coefficient (Wildman–Crippen LogP) is 3.53. The second-order valence-corrected chi connectivity index (χ2v) is 7.70. The van der Waals surface area contributed by atoms with Gasteiger partial charge in [-0.25, -0.2) is 8.42 Å². The lowest BCUT2D eigenvalue weighted by Crippen LogP contribution is -2.26. The number of phenolic OH excluding ortho intramolecular Hbond substituents is 1. The minimum atomic E-state index is -3.95. The van der Waals surface area contributed by atoms with Gasteiger partial charge in [0.15, 0.2) is 5.75 Å². The summed E-state index contributed by atoms with van der Waals surface area (Å²) in [5.74, 6) is 0.163. The largest absolute Gasteiger partial charge is 0.505 e. The number of phenols is 1. The Bertz CT molecular complexity index is 807. The maximum Gasteiger partial charge on any atom is 0.246 e. The Hall–Kier alpha value is -1.47. The first-order chi connectivity index (χ1) is 10.8. The normalized spacial score (nSPS) is 11.7. The molecule has 2 rings (SSSR count). The molecule has 23 heavy (non-hydrogen) atoms. The van der Waals surface area contributed by atoms with E-state index in [1.165, 1.54) is 19.2 Å². The van der Waals surface area contributed by atoms with E-state index in [1.54, 1.807) is 31.4 Å². The molecule has 0 saturated heterocycles. The maximum atomic E-state index is 12.6. The molecule has 2 aromatic carbocycles. The van der Waals surface area contributed by atoms with Gasteiger partial charge in [0.05, 0.1) is 12.1 Å². The van der Waals surface area contributed by atoms with Crippen molar-refractivity contribution in [3.8, 4) is 11.5 Å². The summed E-state index contributed by atoms with van der Waals surface area (Å²) >= 11 is 11.6. The van der Waals surface area contributed by atoms with Gasteiger partial charge >= 0.3 is 0 Å². The van der Waals surface area contributed by atoms with Crippen molar-refractivity contribution < 1.29 is 18.3 Å². The van der Waals surface area contributed by atoms with Crippen molar-refractivity contribution in [3.63, 3.8) is 0 Å². The maximum absolute atomic E-state index is 12.6. The molecule has 0 aromatic heterocycles. The lowest BCUT2D eigenvalue weighted by atomic mass is 10.2. The lowest BCUT2D eigenvalue weighted by Gasteiger charge is -2.18. The number of methoxy groups -OCH3 is 1. The Morgan fingerprint density at radius 1 is 1.17 bits per heavy atom. The Balaban J connectivity index is 2.31. The second-order valence-electron chi connectivity index (χ2n) is 4.84. The van der Waals surface area contributed by atoms with E-state index in [-0.39, 0.29) is 21.5 Å². The second kappa shape index (κ2) is 6.97. The fourth-order valence-electron chi connectivity index (χ4n) is 1.98. The summed E-state index contributed by atoms with van der Waals surface area (Å²) in [5, 5.41) is 9.94. The standard InChI is InChI=1S/C15H15Cl2NO4S/c1-18(9-10-3-5-12(22-2)6-4-10)23(20,21)14-8-11(16)7-13(17)15(14)19/h3-8,19H,9H2,1-2H3. The molecule has 0 spiro atoms. The van der Waals surface area contributed by atoms with Gasteiger partial charge in [0.1, 0.15) is 10.6 Å². The minimum Gasteiger partial charge on any atom is -0.505 e. The van der Waals surface area contributed by atoms with Crippen LogP contribution in [-0.2, 0) is 16.6 Å². The van der Waals surface area contributed by atoms with Crippen molar-refractivity contribution in [1.29, 1.82) is 0 Å². The van der Waals surface area contributed by atoms with Gasteiger partial charge < -0.3 is 9.84 Å². The Morgan fingerprint density at radius 3 is 2.35 bits per heavy atom. The zero-order valence-corrected chi connectivity index (χ0v) is 14.8. The molecular weight excluding hydrogens is 361 g/mol. The van der Waals surface area contributed by atoms with Crippen molar-refractivity contribution >= 4 is 33.2 Å². The third kappa shape index (κ3) is 3.90. The molecule has 2 aromatic rings. The summed E-state index contributed by atoms with van der Waals surface area (Å²) in [6.07, 6.45) is 0. The van der Waals surface area contributed by atoms with E-state index >= 15 is 0 Å². The number of nitrogens with zero attached hydrogens (tertiary/aromatic N) is 1. The molecular formula is C15H15Cl2NO4S. The van der Waals surface area contributed by atoms with Gasteiger partial charge in [0.25, 0.3) is 0 Å². The van der Waals surface area contributed by atoms with E-state index in [9.17, 15) is 13.5 Å². The molecule has 0 bridgehead atoms. The first kappa shape index (κ1) is 17.9. The molecule has 0 aliphatic heterocycles. The van der Waals surface area contributed by atoms with E-state index in [0.29, 0.717) is 5.75 Å². The van der Waals surface area contributed by atoms with Gasteiger partial charge in [-0.2, -0.15) is 4.31 Å². The van der Waals surface area contributed by atoms with Crippen molar-refractivity contribution in [2.75, 3.05) is 14.2 Å². The van der Waals surface area contributed by atoms with Crippen LogP contribution < -0.4 is 4.74 Å². The van der Waals surface area contributed by atoms with Crippen molar-refractivity contribution in [3.05, 3.63) is 52.0 Å². The highest BCUT2D eigenvalue weighted by molar-refractivity contribution is 7.89. The molecule has 0 aliphatic carbocycles. The number of sulfonamides is 1. The Kier molecular flexibility index (Phi) is 5.41. The number of hydrogen-bond acceptors (Lipinski definition) is 4. The summed E-state index contributed by atoms with van der Waals surface area (Å²) in [4.78, 5) is -0.328. The van der Waals surface area contributed by atoms with Crippen LogP contribution in [0.5, 0.6) is 11.5 Å². The number of aromatic hydroxyl groups is 1. The van der Waals surface area contributed by atoms with Gasteiger partial charge in [-0.15, -0.1) is 0 Å². The van der Waals surface area contributed by atoms with Crippen LogP contribution in [0.15, 0.2) is 41.3 Å². The van der Waals surface area contributed by atoms with Gasteiger partial charge in [-0.1, -0.05) is 35.3 Å². The smallest absolute Gasteiger partial charge is 0.246 e. The molecule has 0 heterocycles. The van der Waals surface area contributed by atoms with Gasteiger partial charge in [0.2, 0.25) is 10.0 Å². The first-order valence-corrected chi connectivity index (χ1v) is 8.72. The van der Waals surface area contributed by atoms with Gasteiger partial charge in [-0.05, 0) is 29.8 Å². The van der Waals surface area contributed by atoms with Crippen molar-refractivity contribution in [1.82, 2.24) is 4.31 Å². The third-order valence-corrected chi connectivity index (χ3v) is 5.57. The van der Waals surface area contributed by atoms with Crippen LogP contribution in [0.3, 0.4) is 0 Å². The lowest BCUT2D eigenvalue weighted by molar-refractivity contribution is 0.414. The summed E-state index contributed by atoms with van der Waals surface area (Å²) in [5.41, 5.74) is 0.768. The van der Waals surface area contributed by atoms with E-state index in [4.69, 9.17) is 27.9 Å². The van der Waals surface area contributed by atoms with Crippen LogP contribution in [0.4, 0.5) is 0 Å². The number of benzene rings is 2. The summed E-state index contributed by atoms with van der Waals surface area (Å²) in [6, 6.07) is 9.45. The molecule has 8 heteroatoms. The van der Waals surface area contributed by atoms with Crippen LogP contribution in [0, 0.1) is 0 Å². The van der Waals surface area contributed by atoms with Crippen LogP contribution >= 0.6 is 23.2 Å². The van der Waals surface area contributed by atoms with E-state index in [1.807, 2.05) is 0 Å². The summed E-state index contributed by atoms with van der Waals surface area (Å²) in [6.45, 7) is 0.121. The highest BCUT2D eigenvalue weighted by Crippen LogP contribution is 2.35. The van der Waals surface area contributed by atoms with Crippen LogP contribution in [0.25, 0.3) is 0 Å². The highest BCUT2D eigenvalue weighted by atomic mass is 35.5. The van der Waals surface area contributed by atoms with Crippen LogP contribution in [-0.4, -0.2) is 32.0 Å². The summed E-state index contributed by atoms with van der Waals surface area (Å²) in [7, 11) is -0.982. The van der Waals surface area contributed by atoms with E-state index < -0.39 is 15.8 Å². The predicted molar refractivity (Wildman–Crippen MR) is 89.8 cm³/mol. The molecule has 0 saturated carbocycles. The molecule has 0 unspecified atom stereocenters. The Morgan fingerprint density at radius 2 is 1.78 bits per heavy atom. The topological polar surface area (TPSA) is 66.8 Å². The molecule has 0 fully saturated rings. The highest BCUT2D eigenvalue weighted by Gasteiger charge is 2.26. The number of hydrogen-bond donors (Lipinski definition) is 1. The first-order valence-electron chi connectivity index (χ1n) is 6.53. The molecule has 5 nitrogen and oxygen atoms in total. The van der Waals surface area contributed by atoms with Crippen LogP contribution in [0.1, 0.15) is 5.56 Å². The zero-order chi connectivity index (χ0) is 17.2. The van der Waals surface area contributed by atoms with Crippen molar-refractivity contribution in [2.45, 2.75) is 11.4 Å². The minimum absolute atomic E-state index is 0.117. The number of halogens is 2. The average Bonchev–Trinajstić information content (AvgIpc) is 2.51. The van der Waals surface area contributed by atoms with Crippen molar-refractivity contribution in [2.24, 2.45) is 0 Å². The van der Waals surface area contributed by atoms with E-state index in [2.05, 4.69) is 0 Å². The third-order valence-electron chi connectivity index (χ3n) is 3.25. The number of rotatable bonds is 5. The fourth-order valence-corrected chi connectivity index (χ4v) is 3.88. The van der Waals surface area contributed by atoms with E-state index in [0.717, 1.165) is 9.87 Å². The van der Waals surface area contributed by atoms with Crippen LogP contribution in [0.2, 0.25) is 10.0 Å². The molecule has 1 N–H and O–H groups in total. The fraction of sp³-hybridized carbons (Fsp3) is 0.200. The van der Waals surface area contributed by atoms with Gasteiger partial charge in [0, 0.05) is 18.6 Å². The molecule has 0 radical (unpaired) electrons. The molecule has 124 valence electrons. The number of ether oxygens (including phenoxy) is 1. The van der Waals surface area contributed by atoms with Gasteiger partial charge in [-0.3, -0.25) is 0 Å². The molecule has 0 atom stereocenters. The summed E-state index contributed by atoms with van der Waals surface area (Å²) < 4.78 is 31.4. The molecule has 0 amide bonds. The SMILES string of the molecule is COc1ccc(CN(C)S(=O)(=O)c2cc(Cl)cc(Cl)c2O)cc1. The monoisotopic (exact) mass is 375 g/mol.